The molecular formula is C13H15ClN6O. The van der Waals surface area contributed by atoms with E-state index in [0.29, 0.717) is 30.5 Å². The minimum atomic E-state index is -0.186. The van der Waals surface area contributed by atoms with Crippen LogP contribution in [0.1, 0.15) is 23.2 Å². The van der Waals surface area contributed by atoms with Crippen LogP contribution in [0.15, 0.2) is 18.5 Å². The van der Waals surface area contributed by atoms with Crippen molar-refractivity contribution in [3.05, 3.63) is 35.0 Å². The summed E-state index contributed by atoms with van der Waals surface area (Å²) in [6.45, 7) is 4.39. The maximum absolute atomic E-state index is 12.6. The molecule has 1 amide bonds. The third-order valence-corrected chi connectivity index (χ3v) is 3.64. The molecule has 8 heteroatoms. The van der Waals surface area contributed by atoms with Gasteiger partial charge in [-0.3, -0.25) is 4.79 Å². The van der Waals surface area contributed by atoms with Crippen molar-refractivity contribution in [2.24, 2.45) is 0 Å². The zero-order chi connectivity index (χ0) is 14.8. The van der Waals surface area contributed by atoms with Crippen LogP contribution >= 0.6 is 11.6 Å². The number of aromatic nitrogens is 4. The molecule has 0 saturated heterocycles. The van der Waals surface area contributed by atoms with Crippen molar-refractivity contribution < 1.29 is 4.79 Å². The monoisotopic (exact) mass is 306 g/mol. The van der Waals surface area contributed by atoms with Crippen molar-refractivity contribution in [1.82, 2.24) is 24.6 Å². The summed E-state index contributed by atoms with van der Waals surface area (Å²) in [7, 11) is 0. The highest BCUT2D eigenvalue weighted by molar-refractivity contribution is 6.33. The van der Waals surface area contributed by atoms with E-state index in [1.54, 1.807) is 23.4 Å². The van der Waals surface area contributed by atoms with E-state index in [1.807, 2.05) is 11.5 Å². The van der Waals surface area contributed by atoms with Crippen LogP contribution < -0.4 is 5.32 Å². The Balaban J connectivity index is 1.84. The van der Waals surface area contributed by atoms with Gasteiger partial charge in [-0.05, 0) is 19.1 Å². The minimum Gasteiger partial charge on any atom is -0.370 e. The molecule has 0 aromatic carbocycles. The van der Waals surface area contributed by atoms with Crippen molar-refractivity contribution in [2.75, 3.05) is 18.4 Å². The molecule has 0 radical (unpaired) electrons. The number of nitrogens with zero attached hydrogens (tertiary/aromatic N) is 5. The van der Waals surface area contributed by atoms with Crippen LogP contribution in [0.5, 0.6) is 0 Å². The Morgan fingerprint density at radius 3 is 3.10 bits per heavy atom. The van der Waals surface area contributed by atoms with Crippen LogP contribution in [0.3, 0.4) is 0 Å². The Labute approximate surface area is 126 Å². The third-order valence-electron chi connectivity index (χ3n) is 3.33. The van der Waals surface area contributed by atoms with Gasteiger partial charge in [-0.15, -0.1) is 10.2 Å². The van der Waals surface area contributed by atoms with Gasteiger partial charge in [0.2, 0.25) is 0 Å². The fourth-order valence-electron chi connectivity index (χ4n) is 2.26. The molecule has 0 spiro atoms. The zero-order valence-electron chi connectivity index (χ0n) is 11.6. The summed E-state index contributed by atoms with van der Waals surface area (Å²) < 4.78 is 1.94. The van der Waals surface area contributed by atoms with Crippen molar-refractivity contribution in [1.29, 1.82) is 0 Å². The number of hydrogen-bond donors (Lipinski definition) is 1. The second kappa shape index (κ2) is 5.69. The van der Waals surface area contributed by atoms with Crippen molar-refractivity contribution in [3.8, 4) is 0 Å². The summed E-state index contributed by atoms with van der Waals surface area (Å²) in [6, 6.07) is 3.45. The number of anilines is 1. The highest BCUT2D eigenvalue weighted by Gasteiger charge is 2.25. The Morgan fingerprint density at radius 2 is 2.29 bits per heavy atom. The van der Waals surface area contributed by atoms with Gasteiger partial charge in [-0.2, -0.15) is 0 Å². The maximum atomic E-state index is 12.6. The molecule has 3 heterocycles. The summed E-state index contributed by atoms with van der Waals surface area (Å²) in [4.78, 5) is 18.6. The second-order valence-electron chi connectivity index (χ2n) is 4.72. The average Bonchev–Trinajstić information content (AvgIpc) is 2.96. The first-order valence-electron chi connectivity index (χ1n) is 6.75. The lowest BCUT2D eigenvalue weighted by molar-refractivity contribution is 0.0702. The van der Waals surface area contributed by atoms with Gasteiger partial charge in [0, 0.05) is 19.6 Å². The molecule has 7 nitrogen and oxygen atoms in total. The second-order valence-corrected chi connectivity index (χ2v) is 5.13. The van der Waals surface area contributed by atoms with Crippen LogP contribution in [0, 0.1) is 0 Å². The molecule has 1 aliphatic heterocycles. The normalized spacial score (nSPS) is 13.9. The molecule has 3 rings (SSSR count). The van der Waals surface area contributed by atoms with Gasteiger partial charge in [0.15, 0.2) is 5.82 Å². The van der Waals surface area contributed by atoms with E-state index in [2.05, 4.69) is 20.5 Å². The van der Waals surface area contributed by atoms with Crippen LogP contribution in [0.4, 0.5) is 5.82 Å². The largest absolute Gasteiger partial charge is 0.370 e. The smallest absolute Gasteiger partial charge is 0.274 e. The van der Waals surface area contributed by atoms with Crippen LogP contribution in [-0.4, -0.2) is 43.6 Å². The van der Waals surface area contributed by atoms with Crippen molar-refractivity contribution in [2.45, 2.75) is 20.0 Å². The molecule has 2 aromatic heterocycles. The molecule has 21 heavy (non-hydrogen) atoms. The highest BCUT2D eigenvalue weighted by Crippen LogP contribution is 2.20. The van der Waals surface area contributed by atoms with Gasteiger partial charge in [0.1, 0.15) is 17.8 Å². The Hall–Kier alpha value is -2.15. The van der Waals surface area contributed by atoms with Crippen molar-refractivity contribution in [3.63, 3.8) is 0 Å². The predicted octanol–water partition coefficient (Wildman–Crippen LogP) is 1.41. The molecule has 0 saturated carbocycles. The number of carbonyl (C=O) groups is 1. The van der Waals surface area contributed by atoms with Gasteiger partial charge in [-0.1, -0.05) is 11.6 Å². The Kier molecular flexibility index (Phi) is 3.74. The average molecular weight is 307 g/mol. The number of rotatable bonds is 3. The summed E-state index contributed by atoms with van der Waals surface area (Å²) in [5.74, 6) is 1.23. The summed E-state index contributed by atoms with van der Waals surface area (Å²) in [6.07, 6.45) is 1.67. The SMILES string of the molecule is CCNc1ccc(Cl)c(C(=O)N2CCn3cnnc3C2)n1. The highest BCUT2D eigenvalue weighted by atomic mass is 35.5. The molecular weight excluding hydrogens is 292 g/mol. The lowest BCUT2D eigenvalue weighted by atomic mass is 10.2. The maximum Gasteiger partial charge on any atom is 0.274 e. The molecule has 0 unspecified atom stereocenters. The van der Waals surface area contributed by atoms with Crippen LogP contribution in [0.25, 0.3) is 0 Å². The molecule has 2 aromatic rings. The Bertz CT molecular complexity index is 670. The number of nitrogens with one attached hydrogen (secondary N) is 1. The molecule has 0 atom stereocenters. The molecule has 110 valence electrons. The summed E-state index contributed by atoms with van der Waals surface area (Å²) in [5, 5.41) is 11.3. The minimum absolute atomic E-state index is 0.186. The molecule has 1 aliphatic rings. The van der Waals surface area contributed by atoms with E-state index in [0.717, 1.165) is 12.4 Å². The van der Waals surface area contributed by atoms with Gasteiger partial charge in [-0.25, -0.2) is 4.98 Å². The summed E-state index contributed by atoms with van der Waals surface area (Å²) >= 11 is 6.12. The number of pyridine rings is 1. The Morgan fingerprint density at radius 1 is 1.43 bits per heavy atom. The van der Waals surface area contributed by atoms with Crippen molar-refractivity contribution >= 4 is 23.3 Å². The van der Waals surface area contributed by atoms with Crippen LogP contribution in [-0.2, 0) is 13.1 Å². The fourth-order valence-corrected chi connectivity index (χ4v) is 2.45. The van der Waals surface area contributed by atoms with E-state index in [-0.39, 0.29) is 11.6 Å². The van der Waals surface area contributed by atoms with Crippen LogP contribution in [0.2, 0.25) is 5.02 Å². The predicted molar refractivity (Wildman–Crippen MR) is 78.2 cm³/mol. The van der Waals surface area contributed by atoms with E-state index in [9.17, 15) is 4.79 Å². The molecule has 0 fully saturated rings. The quantitative estimate of drug-likeness (QED) is 0.928. The number of fused-ring (bicyclic) bond motifs is 1. The number of amides is 1. The van der Waals surface area contributed by atoms with Gasteiger partial charge < -0.3 is 14.8 Å². The first-order chi connectivity index (χ1) is 10.2. The van der Waals surface area contributed by atoms with Gasteiger partial charge >= 0.3 is 0 Å². The first kappa shape index (κ1) is 13.8. The van der Waals surface area contributed by atoms with E-state index in [4.69, 9.17) is 11.6 Å². The first-order valence-corrected chi connectivity index (χ1v) is 7.13. The van der Waals surface area contributed by atoms with E-state index < -0.39 is 0 Å². The number of halogens is 1. The molecule has 0 aliphatic carbocycles. The lowest BCUT2D eigenvalue weighted by Gasteiger charge is -2.27. The number of hydrogen-bond acceptors (Lipinski definition) is 5. The number of carbonyl (C=O) groups excluding carboxylic acids is 1. The molecule has 1 N–H and O–H groups in total. The zero-order valence-corrected chi connectivity index (χ0v) is 12.3. The summed E-state index contributed by atoms with van der Waals surface area (Å²) in [5.41, 5.74) is 0.267. The topological polar surface area (TPSA) is 75.9 Å². The standard InChI is InChI=1S/C13H15ClN6O/c1-2-15-10-4-3-9(14)12(17-10)13(21)19-5-6-20-8-16-18-11(20)7-19/h3-4,8H,2,5-7H2,1H3,(H,15,17). The van der Waals surface area contributed by atoms with Gasteiger partial charge in [0.25, 0.3) is 5.91 Å². The molecule has 0 bridgehead atoms. The van der Waals surface area contributed by atoms with Gasteiger partial charge in [0.05, 0.1) is 11.6 Å². The lowest BCUT2D eigenvalue weighted by Crippen LogP contribution is -2.38. The third kappa shape index (κ3) is 2.69. The van der Waals surface area contributed by atoms with E-state index in [1.165, 1.54) is 0 Å². The fraction of sp³-hybridized carbons (Fsp3) is 0.385. The van der Waals surface area contributed by atoms with E-state index >= 15 is 0 Å².